The Morgan fingerprint density at radius 3 is 2.78 bits per heavy atom. The molecule has 0 fully saturated rings. The molecule has 0 bridgehead atoms. The quantitative estimate of drug-likeness (QED) is 0.939. The summed E-state index contributed by atoms with van der Waals surface area (Å²) in [6.07, 6.45) is 4.00. The Labute approximate surface area is 135 Å². The van der Waals surface area contributed by atoms with Gasteiger partial charge < -0.3 is 5.32 Å². The zero-order valence-electron chi connectivity index (χ0n) is 13.3. The number of hydrogen-bond donors (Lipinski definition) is 1. The van der Waals surface area contributed by atoms with Crippen LogP contribution in [0.15, 0.2) is 41.2 Å². The number of amides is 1. The zero-order valence-corrected chi connectivity index (χ0v) is 13.3. The molecule has 23 heavy (non-hydrogen) atoms. The normalized spacial score (nSPS) is 14.8. The Morgan fingerprint density at radius 1 is 1.26 bits per heavy atom. The van der Waals surface area contributed by atoms with Crippen molar-refractivity contribution < 1.29 is 4.79 Å². The molecule has 0 radical (unpaired) electrons. The van der Waals surface area contributed by atoms with Gasteiger partial charge in [0.15, 0.2) is 0 Å². The summed E-state index contributed by atoms with van der Waals surface area (Å²) in [6.45, 7) is 1.89. The van der Waals surface area contributed by atoms with Gasteiger partial charge in [-0.2, -0.15) is 5.10 Å². The third-order valence-corrected chi connectivity index (χ3v) is 4.24. The van der Waals surface area contributed by atoms with Crippen molar-refractivity contribution in [2.45, 2.75) is 45.2 Å². The van der Waals surface area contributed by atoms with Crippen LogP contribution in [0.3, 0.4) is 0 Å². The first kappa shape index (κ1) is 15.5. The predicted molar refractivity (Wildman–Crippen MR) is 88.1 cm³/mol. The van der Waals surface area contributed by atoms with Gasteiger partial charge in [-0.25, -0.2) is 4.68 Å². The Balaban J connectivity index is 1.69. The number of carbonyl (C=O) groups excluding carboxylic acids is 1. The Hall–Kier alpha value is -2.43. The summed E-state index contributed by atoms with van der Waals surface area (Å²) >= 11 is 0. The SMILES string of the molecule is CC(NC(=O)Cn1nc2c(cc1=O)CCCC2)c1ccccc1. The summed E-state index contributed by atoms with van der Waals surface area (Å²) in [6, 6.07) is 11.3. The van der Waals surface area contributed by atoms with Crippen molar-refractivity contribution in [3.8, 4) is 0 Å². The van der Waals surface area contributed by atoms with E-state index >= 15 is 0 Å². The van der Waals surface area contributed by atoms with Crippen molar-refractivity contribution in [2.75, 3.05) is 0 Å². The maximum absolute atomic E-state index is 12.2. The molecule has 3 rings (SSSR count). The summed E-state index contributed by atoms with van der Waals surface area (Å²) in [7, 11) is 0. The van der Waals surface area contributed by atoms with Crippen molar-refractivity contribution in [3.63, 3.8) is 0 Å². The first-order valence-corrected chi connectivity index (χ1v) is 8.08. The highest BCUT2D eigenvalue weighted by atomic mass is 16.2. The Bertz CT molecular complexity index is 753. The lowest BCUT2D eigenvalue weighted by Crippen LogP contribution is -2.35. The molecule has 0 aliphatic heterocycles. The molecule has 0 saturated carbocycles. The highest BCUT2D eigenvalue weighted by Gasteiger charge is 2.15. The molecule has 1 N–H and O–H groups in total. The molecule has 1 aromatic carbocycles. The summed E-state index contributed by atoms with van der Waals surface area (Å²) < 4.78 is 1.27. The molecule has 1 aromatic heterocycles. The average Bonchev–Trinajstić information content (AvgIpc) is 2.56. The number of benzene rings is 1. The lowest BCUT2D eigenvalue weighted by atomic mass is 9.97. The third kappa shape index (κ3) is 3.67. The van der Waals surface area contributed by atoms with Crippen molar-refractivity contribution in [1.29, 1.82) is 0 Å². The van der Waals surface area contributed by atoms with E-state index in [1.165, 1.54) is 4.68 Å². The molecule has 1 unspecified atom stereocenters. The number of fused-ring (bicyclic) bond motifs is 1. The molecule has 0 saturated heterocycles. The minimum atomic E-state index is -0.202. The second kappa shape index (κ2) is 6.77. The van der Waals surface area contributed by atoms with Gasteiger partial charge in [-0.3, -0.25) is 9.59 Å². The fourth-order valence-corrected chi connectivity index (χ4v) is 2.96. The van der Waals surface area contributed by atoms with Crippen molar-refractivity contribution >= 4 is 5.91 Å². The van der Waals surface area contributed by atoms with Crippen LogP contribution in [0.5, 0.6) is 0 Å². The topological polar surface area (TPSA) is 64.0 Å². The second-order valence-corrected chi connectivity index (χ2v) is 6.02. The molecule has 1 atom stereocenters. The number of rotatable bonds is 4. The second-order valence-electron chi connectivity index (χ2n) is 6.02. The van der Waals surface area contributed by atoms with Gasteiger partial charge in [-0.15, -0.1) is 0 Å². The minimum Gasteiger partial charge on any atom is -0.348 e. The molecule has 1 aliphatic rings. The van der Waals surface area contributed by atoms with Crippen LogP contribution in [0.25, 0.3) is 0 Å². The van der Waals surface area contributed by atoms with E-state index < -0.39 is 0 Å². The van der Waals surface area contributed by atoms with Crippen LogP contribution in [-0.4, -0.2) is 15.7 Å². The van der Waals surface area contributed by atoms with E-state index in [-0.39, 0.29) is 24.1 Å². The van der Waals surface area contributed by atoms with E-state index in [0.29, 0.717) is 0 Å². The number of aromatic nitrogens is 2. The average molecular weight is 311 g/mol. The van der Waals surface area contributed by atoms with Gasteiger partial charge in [-0.05, 0) is 43.7 Å². The van der Waals surface area contributed by atoms with Crippen molar-refractivity contribution in [1.82, 2.24) is 15.1 Å². The van der Waals surface area contributed by atoms with Crippen LogP contribution in [0.4, 0.5) is 0 Å². The van der Waals surface area contributed by atoms with Gasteiger partial charge in [0.25, 0.3) is 5.56 Å². The van der Waals surface area contributed by atoms with E-state index in [2.05, 4.69) is 10.4 Å². The molecule has 1 amide bonds. The van der Waals surface area contributed by atoms with Crippen LogP contribution in [-0.2, 0) is 24.2 Å². The van der Waals surface area contributed by atoms with Gasteiger partial charge in [0.2, 0.25) is 5.91 Å². The van der Waals surface area contributed by atoms with Crippen LogP contribution in [0.1, 0.15) is 42.6 Å². The highest BCUT2D eigenvalue weighted by molar-refractivity contribution is 5.76. The molecule has 1 heterocycles. The van der Waals surface area contributed by atoms with Crippen LogP contribution < -0.4 is 10.9 Å². The molecule has 120 valence electrons. The van der Waals surface area contributed by atoms with E-state index in [4.69, 9.17) is 0 Å². The number of aryl methyl sites for hydroxylation is 2. The molecular formula is C18H21N3O2. The van der Waals surface area contributed by atoms with Gasteiger partial charge >= 0.3 is 0 Å². The molecule has 1 aliphatic carbocycles. The molecule has 5 nitrogen and oxygen atoms in total. The van der Waals surface area contributed by atoms with Gasteiger partial charge in [0.05, 0.1) is 11.7 Å². The fourth-order valence-electron chi connectivity index (χ4n) is 2.96. The van der Waals surface area contributed by atoms with E-state index in [0.717, 1.165) is 42.5 Å². The van der Waals surface area contributed by atoms with Crippen LogP contribution >= 0.6 is 0 Å². The highest BCUT2D eigenvalue weighted by Crippen LogP contribution is 2.17. The maximum Gasteiger partial charge on any atom is 0.267 e. The molecule has 0 spiro atoms. The van der Waals surface area contributed by atoms with Gasteiger partial charge in [0.1, 0.15) is 6.54 Å². The Morgan fingerprint density at radius 2 is 2.00 bits per heavy atom. The maximum atomic E-state index is 12.2. The summed E-state index contributed by atoms with van der Waals surface area (Å²) in [5.74, 6) is -0.202. The van der Waals surface area contributed by atoms with Crippen LogP contribution in [0.2, 0.25) is 0 Å². The van der Waals surface area contributed by atoms with Gasteiger partial charge in [0, 0.05) is 6.07 Å². The minimum absolute atomic E-state index is 0.0384. The third-order valence-electron chi connectivity index (χ3n) is 4.24. The van der Waals surface area contributed by atoms with Crippen molar-refractivity contribution in [3.05, 3.63) is 63.6 Å². The summed E-state index contributed by atoms with van der Waals surface area (Å²) in [4.78, 5) is 24.3. The summed E-state index contributed by atoms with van der Waals surface area (Å²) in [5, 5.41) is 7.29. The lowest BCUT2D eigenvalue weighted by Gasteiger charge is -2.17. The van der Waals surface area contributed by atoms with E-state index in [1.807, 2.05) is 37.3 Å². The molecule has 5 heteroatoms. The summed E-state index contributed by atoms with van der Waals surface area (Å²) in [5.41, 5.74) is 2.83. The fraction of sp³-hybridized carbons (Fsp3) is 0.389. The van der Waals surface area contributed by atoms with E-state index in [1.54, 1.807) is 6.07 Å². The predicted octanol–water partition coefficient (Wildman–Crippen LogP) is 2.00. The number of nitrogens with zero attached hydrogens (tertiary/aromatic N) is 2. The number of nitrogens with one attached hydrogen (secondary N) is 1. The van der Waals surface area contributed by atoms with Crippen molar-refractivity contribution in [2.24, 2.45) is 0 Å². The largest absolute Gasteiger partial charge is 0.348 e. The number of hydrogen-bond acceptors (Lipinski definition) is 3. The molecular weight excluding hydrogens is 290 g/mol. The number of carbonyl (C=O) groups is 1. The first-order valence-electron chi connectivity index (χ1n) is 8.08. The zero-order chi connectivity index (χ0) is 16.2. The van der Waals surface area contributed by atoms with E-state index in [9.17, 15) is 9.59 Å². The molecule has 2 aromatic rings. The Kier molecular flexibility index (Phi) is 4.55. The smallest absolute Gasteiger partial charge is 0.267 e. The monoisotopic (exact) mass is 311 g/mol. The lowest BCUT2D eigenvalue weighted by molar-refractivity contribution is -0.122. The first-order chi connectivity index (χ1) is 11.1. The standard InChI is InChI=1S/C18H21N3O2/c1-13(14-7-3-2-4-8-14)19-17(22)12-21-18(23)11-15-9-5-6-10-16(15)20-21/h2-4,7-8,11,13H,5-6,9-10,12H2,1H3,(H,19,22). The van der Waals surface area contributed by atoms with Crippen LogP contribution in [0, 0.1) is 0 Å². The van der Waals surface area contributed by atoms with Gasteiger partial charge in [-0.1, -0.05) is 30.3 Å².